The third-order valence-electron chi connectivity index (χ3n) is 5.18. The zero-order chi connectivity index (χ0) is 15.9. The highest BCUT2D eigenvalue weighted by atomic mass is 32.1. The van der Waals surface area contributed by atoms with Crippen LogP contribution in [0.5, 0.6) is 0 Å². The van der Waals surface area contributed by atoms with Crippen LogP contribution in [-0.2, 0) is 4.74 Å². The lowest BCUT2D eigenvalue weighted by Gasteiger charge is -2.45. The highest BCUT2D eigenvalue weighted by Crippen LogP contribution is 2.42. The lowest BCUT2D eigenvalue weighted by atomic mass is 9.80. The molecule has 1 atom stereocenters. The lowest BCUT2D eigenvalue weighted by molar-refractivity contribution is 0.0693. The number of nitrogens with zero attached hydrogens (tertiary/aromatic N) is 2. The summed E-state index contributed by atoms with van der Waals surface area (Å²) in [6, 6.07) is 6.74. The summed E-state index contributed by atoms with van der Waals surface area (Å²) in [6.45, 7) is 10.3. The van der Waals surface area contributed by atoms with Crippen LogP contribution < -0.4 is 4.90 Å². The monoisotopic (exact) mass is 318 g/mol. The van der Waals surface area contributed by atoms with E-state index in [1.807, 2.05) is 0 Å². The standard InChI is InChI=1S/C18H26N2OS/c1-13-12-18(2,3)19(4)16-6-5-14(11-15(13)16)17(22)20-7-9-21-10-8-20/h5-6,11,13H,7-10,12H2,1-4H3. The summed E-state index contributed by atoms with van der Waals surface area (Å²) in [5.41, 5.74) is 4.15. The van der Waals surface area contributed by atoms with Crippen LogP contribution >= 0.6 is 12.2 Å². The fraction of sp³-hybridized carbons (Fsp3) is 0.611. The van der Waals surface area contributed by atoms with Crippen LogP contribution in [0.3, 0.4) is 0 Å². The smallest absolute Gasteiger partial charge is 0.109 e. The van der Waals surface area contributed by atoms with Crippen molar-refractivity contribution in [1.29, 1.82) is 0 Å². The minimum absolute atomic E-state index is 0.207. The second-order valence-electron chi connectivity index (χ2n) is 7.15. The van der Waals surface area contributed by atoms with Gasteiger partial charge in [-0.1, -0.05) is 19.1 Å². The van der Waals surface area contributed by atoms with Crippen molar-refractivity contribution in [1.82, 2.24) is 4.90 Å². The van der Waals surface area contributed by atoms with Gasteiger partial charge in [-0.05, 0) is 49.9 Å². The molecule has 0 spiro atoms. The Labute approximate surface area is 139 Å². The summed E-state index contributed by atoms with van der Waals surface area (Å²) >= 11 is 5.72. The average molecular weight is 318 g/mol. The molecule has 2 aliphatic heterocycles. The molecule has 3 rings (SSSR count). The van der Waals surface area contributed by atoms with Gasteiger partial charge in [-0.2, -0.15) is 0 Å². The van der Waals surface area contributed by atoms with E-state index in [1.165, 1.54) is 23.2 Å². The molecule has 0 aliphatic carbocycles. The van der Waals surface area contributed by atoms with Crippen LogP contribution in [0.2, 0.25) is 0 Å². The van der Waals surface area contributed by atoms with E-state index in [-0.39, 0.29) is 5.54 Å². The Kier molecular flexibility index (Phi) is 4.17. The second-order valence-corrected chi connectivity index (χ2v) is 7.54. The van der Waals surface area contributed by atoms with Crippen molar-refractivity contribution in [3.8, 4) is 0 Å². The zero-order valence-electron chi connectivity index (χ0n) is 14.1. The Morgan fingerprint density at radius 3 is 2.64 bits per heavy atom. The maximum Gasteiger partial charge on any atom is 0.109 e. The molecule has 1 aromatic rings. The van der Waals surface area contributed by atoms with Gasteiger partial charge >= 0.3 is 0 Å². The van der Waals surface area contributed by atoms with Crippen molar-refractivity contribution in [2.75, 3.05) is 38.3 Å². The van der Waals surface area contributed by atoms with Crippen LogP contribution in [-0.4, -0.2) is 48.8 Å². The molecular formula is C18H26N2OS. The summed E-state index contributed by atoms with van der Waals surface area (Å²) in [6.07, 6.45) is 1.17. The first-order valence-corrected chi connectivity index (χ1v) is 8.56. The molecule has 120 valence electrons. The molecule has 0 bridgehead atoms. The largest absolute Gasteiger partial charge is 0.378 e. The molecular weight excluding hydrogens is 292 g/mol. The summed E-state index contributed by atoms with van der Waals surface area (Å²) in [7, 11) is 2.20. The molecule has 22 heavy (non-hydrogen) atoms. The first kappa shape index (κ1) is 15.8. The SMILES string of the molecule is CC1CC(C)(C)N(C)c2ccc(C(=S)N3CCOCC3)cc21. The van der Waals surface area contributed by atoms with Gasteiger partial charge in [-0.25, -0.2) is 0 Å². The quantitative estimate of drug-likeness (QED) is 0.737. The first-order valence-electron chi connectivity index (χ1n) is 8.15. The Hall–Kier alpha value is -1.13. The summed E-state index contributed by atoms with van der Waals surface area (Å²) in [5.74, 6) is 0.564. The van der Waals surface area contributed by atoms with Gasteiger partial charge in [0.15, 0.2) is 0 Å². The Morgan fingerprint density at radius 1 is 1.27 bits per heavy atom. The lowest BCUT2D eigenvalue weighted by Crippen LogP contribution is -2.46. The van der Waals surface area contributed by atoms with Crippen molar-refractivity contribution in [3.63, 3.8) is 0 Å². The maximum atomic E-state index is 5.72. The topological polar surface area (TPSA) is 15.7 Å². The van der Waals surface area contributed by atoms with Crippen LogP contribution in [0, 0.1) is 0 Å². The number of benzene rings is 1. The summed E-state index contributed by atoms with van der Waals surface area (Å²) in [5, 5.41) is 0. The molecule has 0 saturated carbocycles. The second kappa shape index (κ2) is 5.82. The maximum absolute atomic E-state index is 5.72. The van der Waals surface area contributed by atoms with Gasteiger partial charge in [-0.3, -0.25) is 0 Å². The highest BCUT2D eigenvalue weighted by Gasteiger charge is 2.34. The molecule has 4 heteroatoms. The average Bonchev–Trinajstić information content (AvgIpc) is 2.52. The molecule has 0 aromatic heterocycles. The molecule has 2 heterocycles. The predicted octanol–water partition coefficient (Wildman–Crippen LogP) is 3.42. The third kappa shape index (κ3) is 2.74. The van der Waals surface area contributed by atoms with Gasteiger partial charge in [0.25, 0.3) is 0 Å². The van der Waals surface area contributed by atoms with E-state index in [2.05, 4.69) is 55.8 Å². The van der Waals surface area contributed by atoms with Crippen molar-refractivity contribution in [2.24, 2.45) is 0 Å². The molecule has 0 amide bonds. The minimum Gasteiger partial charge on any atom is -0.378 e. The fourth-order valence-electron chi connectivity index (χ4n) is 3.66. The third-order valence-corrected chi connectivity index (χ3v) is 5.67. The molecule has 1 fully saturated rings. The zero-order valence-corrected chi connectivity index (χ0v) is 14.9. The summed E-state index contributed by atoms with van der Waals surface area (Å²) < 4.78 is 5.42. The van der Waals surface area contributed by atoms with Gasteiger partial charge in [-0.15, -0.1) is 0 Å². The minimum atomic E-state index is 0.207. The van der Waals surface area contributed by atoms with E-state index in [0.29, 0.717) is 5.92 Å². The first-order chi connectivity index (χ1) is 10.4. The van der Waals surface area contributed by atoms with Gasteiger partial charge in [0.05, 0.1) is 13.2 Å². The van der Waals surface area contributed by atoms with E-state index < -0.39 is 0 Å². The Morgan fingerprint density at radius 2 is 1.95 bits per heavy atom. The van der Waals surface area contributed by atoms with Crippen molar-refractivity contribution < 1.29 is 4.74 Å². The van der Waals surface area contributed by atoms with E-state index >= 15 is 0 Å². The van der Waals surface area contributed by atoms with Crippen LogP contribution in [0.4, 0.5) is 5.69 Å². The van der Waals surface area contributed by atoms with Gasteiger partial charge in [0.2, 0.25) is 0 Å². The molecule has 1 saturated heterocycles. The molecule has 3 nitrogen and oxygen atoms in total. The number of anilines is 1. The van der Waals surface area contributed by atoms with Gasteiger partial charge < -0.3 is 14.5 Å². The molecule has 0 radical (unpaired) electrons. The number of hydrogen-bond acceptors (Lipinski definition) is 3. The molecule has 0 N–H and O–H groups in total. The van der Waals surface area contributed by atoms with Crippen molar-refractivity contribution in [3.05, 3.63) is 29.3 Å². The molecule has 2 aliphatic rings. The number of fused-ring (bicyclic) bond motifs is 1. The van der Waals surface area contributed by atoms with E-state index in [0.717, 1.165) is 31.3 Å². The van der Waals surface area contributed by atoms with Crippen LogP contribution in [0.1, 0.15) is 44.2 Å². The van der Waals surface area contributed by atoms with Crippen molar-refractivity contribution in [2.45, 2.75) is 38.6 Å². The Bertz CT molecular complexity index is 578. The van der Waals surface area contributed by atoms with E-state index in [4.69, 9.17) is 17.0 Å². The highest BCUT2D eigenvalue weighted by molar-refractivity contribution is 7.80. The van der Waals surface area contributed by atoms with Gasteiger partial charge in [0, 0.05) is 36.9 Å². The Balaban J connectivity index is 1.91. The normalized spacial score (nSPS) is 24.1. The number of rotatable bonds is 1. The molecule has 1 unspecified atom stereocenters. The number of hydrogen-bond donors (Lipinski definition) is 0. The van der Waals surface area contributed by atoms with Crippen LogP contribution in [0.15, 0.2) is 18.2 Å². The predicted molar refractivity (Wildman–Crippen MR) is 96.0 cm³/mol. The fourth-order valence-corrected chi connectivity index (χ4v) is 3.97. The number of thiocarbonyl (C=S) groups is 1. The number of morpholine rings is 1. The van der Waals surface area contributed by atoms with E-state index in [9.17, 15) is 0 Å². The van der Waals surface area contributed by atoms with Crippen molar-refractivity contribution >= 4 is 22.9 Å². The number of ether oxygens (including phenoxy) is 1. The molecule has 1 aromatic carbocycles. The summed E-state index contributed by atoms with van der Waals surface area (Å²) in [4.78, 5) is 5.64. The van der Waals surface area contributed by atoms with E-state index in [1.54, 1.807) is 0 Å². The van der Waals surface area contributed by atoms with Gasteiger partial charge in [0.1, 0.15) is 4.99 Å². The van der Waals surface area contributed by atoms with Crippen LogP contribution in [0.25, 0.3) is 0 Å².